The summed E-state index contributed by atoms with van der Waals surface area (Å²) in [6.07, 6.45) is 5.12. The highest BCUT2D eigenvalue weighted by atomic mass is 32.8. The molecule has 0 radical (unpaired) electrons. The van der Waals surface area contributed by atoms with E-state index < -0.39 is 17.5 Å². The molecule has 0 saturated carbocycles. The minimum absolute atomic E-state index is 0.383. The zero-order valence-corrected chi connectivity index (χ0v) is 12.1. The van der Waals surface area contributed by atoms with Crippen LogP contribution in [0.3, 0.4) is 0 Å². The molecule has 0 N–H and O–H groups in total. The zero-order valence-electron chi connectivity index (χ0n) is 8.80. The summed E-state index contributed by atoms with van der Waals surface area (Å²) in [7, 11) is -5.00. The van der Waals surface area contributed by atoms with Gasteiger partial charge in [0.05, 0.1) is 13.2 Å². The molecular formula is C7H16O4S4. The summed E-state index contributed by atoms with van der Waals surface area (Å²) in [5, 5.41) is 0. The van der Waals surface area contributed by atoms with Gasteiger partial charge in [0.15, 0.2) is 0 Å². The Hall–Kier alpha value is 0.660. The Bertz CT molecular complexity index is 320. The molecule has 0 aromatic carbocycles. The van der Waals surface area contributed by atoms with E-state index in [1.54, 1.807) is 0 Å². The maximum Gasteiger partial charge on any atom is 0.141 e. The Balaban J connectivity index is 3.34. The van der Waals surface area contributed by atoms with Crippen molar-refractivity contribution < 1.29 is 16.8 Å². The summed E-state index contributed by atoms with van der Waals surface area (Å²) in [5.41, 5.74) is 0. The van der Waals surface area contributed by atoms with Gasteiger partial charge < -0.3 is 0 Å². The van der Waals surface area contributed by atoms with Crippen LogP contribution in [0.2, 0.25) is 0 Å². The van der Waals surface area contributed by atoms with Crippen molar-refractivity contribution in [2.45, 2.75) is 19.3 Å². The van der Waals surface area contributed by atoms with Gasteiger partial charge in [0, 0.05) is 34.9 Å². The molecule has 0 aliphatic carbocycles. The predicted octanol–water partition coefficient (Wildman–Crippen LogP) is 0.772. The normalized spacial score (nSPS) is 19.3. The smallest absolute Gasteiger partial charge is 0.141 e. The monoisotopic (exact) mass is 292 g/mol. The number of unbranched alkanes of at least 4 members (excludes halogenated alkanes) is 2. The Kier molecular flexibility index (Phi) is 7.39. The summed E-state index contributed by atoms with van der Waals surface area (Å²) < 4.78 is 31.6. The molecule has 0 heterocycles. The van der Waals surface area contributed by atoms with Crippen LogP contribution in [0.1, 0.15) is 19.3 Å². The molecular weight excluding hydrogens is 276 g/mol. The van der Waals surface area contributed by atoms with Crippen molar-refractivity contribution in [2.24, 2.45) is 0 Å². The topological polar surface area (TPSA) is 52.6 Å². The lowest BCUT2D eigenvalue weighted by atomic mass is 10.2. The van der Waals surface area contributed by atoms with Crippen molar-refractivity contribution in [1.82, 2.24) is 0 Å². The van der Waals surface area contributed by atoms with Crippen LogP contribution in [-0.2, 0) is 48.3 Å². The van der Waals surface area contributed by atoms with Crippen molar-refractivity contribution in [3.8, 4) is 0 Å². The molecule has 0 spiro atoms. The van der Waals surface area contributed by atoms with Gasteiger partial charge in [0.2, 0.25) is 0 Å². The lowest BCUT2D eigenvalue weighted by Crippen LogP contribution is -2.05. The molecule has 0 rings (SSSR count). The molecule has 0 saturated heterocycles. The third kappa shape index (κ3) is 14.7. The van der Waals surface area contributed by atoms with Crippen molar-refractivity contribution in [2.75, 3.05) is 25.7 Å². The molecule has 0 aliphatic rings. The van der Waals surface area contributed by atoms with E-state index in [4.69, 9.17) is 8.37 Å². The predicted molar refractivity (Wildman–Crippen MR) is 68.6 cm³/mol. The fourth-order valence-electron chi connectivity index (χ4n) is 0.802. The van der Waals surface area contributed by atoms with Gasteiger partial charge in [0.25, 0.3) is 0 Å². The summed E-state index contributed by atoms with van der Waals surface area (Å²) in [5.74, 6) is 0. The highest BCUT2D eigenvalue weighted by Gasteiger charge is 1.99. The van der Waals surface area contributed by atoms with Gasteiger partial charge in [-0.05, 0) is 19.3 Å². The van der Waals surface area contributed by atoms with E-state index in [9.17, 15) is 8.42 Å². The van der Waals surface area contributed by atoms with Crippen LogP contribution in [0.15, 0.2) is 0 Å². The maximum atomic E-state index is 10.9. The SMILES string of the molecule is CS(=O)(=S)OCCCCCOS(C)(=O)=S. The van der Waals surface area contributed by atoms with Gasteiger partial charge in [-0.1, -0.05) is 0 Å². The van der Waals surface area contributed by atoms with Crippen LogP contribution < -0.4 is 0 Å². The lowest BCUT2D eigenvalue weighted by molar-refractivity contribution is 0.307. The van der Waals surface area contributed by atoms with E-state index in [2.05, 4.69) is 22.4 Å². The second-order valence-corrected chi connectivity index (χ2v) is 10.0. The highest BCUT2D eigenvalue weighted by molar-refractivity contribution is 8.30. The molecule has 0 bridgehead atoms. The van der Waals surface area contributed by atoms with Crippen molar-refractivity contribution in [3.05, 3.63) is 0 Å². The summed E-state index contributed by atoms with van der Waals surface area (Å²) in [4.78, 5) is 0. The van der Waals surface area contributed by atoms with Crippen LogP contribution >= 0.6 is 0 Å². The minimum Gasteiger partial charge on any atom is -0.290 e. The van der Waals surface area contributed by atoms with E-state index in [-0.39, 0.29) is 0 Å². The summed E-state index contributed by atoms with van der Waals surface area (Å²) in [6, 6.07) is 0. The molecule has 0 amide bonds. The summed E-state index contributed by atoms with van der Waals surface area (Å²) >= 11 is 9.13. The van der Waals surface area contributed by atoms with Crippen molar-refractivity contribution in [3.63, 3.8) is 0 Å². The van der Waals surface area contributed by atoms with E-state index in [0.717, 1.165) is 19.3 Å². The first-order chi connectivity index (χ1) is 6.71. The van der Waals surface area contributed by atoms with Gasteiger partial charge in [-0.2, -0.15) is 0 Å². The third-order valence-electron chi connectivity index (χ3n) is 1.38. The quantitative estimate of drug-likeness (QED) is 0.616. The minimum atomic E-state index is -2.50. The second kappa shape index (κ2) is 7.08. The molecule has 0 fully saturated rings. The molecule has 4 nitrogen and oxygen atoms in total. The largest absolute Gasteiger partial charge is 0.290 e. The lowest BCUT2D eigenvalue weighted by Gasteiger charge is -2.04. The Morgan fingerprint density at radius 3 is 1.47 bits per heavy atom. The number of rotatable bonds is 8. The van der Waals surface area contributed by atoms with Gasteiger partial charge in [-0.15, -0.1) is 0 Å². The molecule has 0 aromatic heterocycles. The first-order valence-corrected chi connectivity index (χ1v) is 10.0. The van der Waals surface area contributed by atoms with Crippen LogP contribution in [-0.4, -0.2) is 34.1 Å². The van der Waals surface area contributed by atoms with Gasteiger partial charge in [-0.3, -0.25) is 8.37 Å². The molecule has 15 heavy (non-hydrogen) atoms. The maximum absolute atomic E-state index is 10.9. The van der Waals surface area contributed by atoms with Crippen LogP contribution in [0, 0.1) is 0 Å². The van der Waals surface area contributed by atoms with Crippen LogP contribution in [0.4, 0.5) is 0 Å². The average Bonchev–Trinajstić information content (AvgIpc) is 1.98. The van der Waals surface area contributed by atoms with Crippen molar-refractivity contribution in [1.29, 1.82) is 0 Å². The highest BCUT2D eigenvalue weighted by Crippen LogP contribution is 2.00. The molecule has 8 heteroatoms. The van der Waals surface area contributed by atoms with Gasteiger partial charge >= 0.3 is 0 Å². The molecule has 2 atom stereocenters. The summed E-state index contributed by atoms with van der Waals surface area (Å²) in [6.45, 7) is 0.766. The molecule has 92 valence electrons. The average molecular weight is 292 g/mol. The van der Waals surface area contributed by atoms with E-state index in [0.29, 0.717) is 13.2 Å². The fraction of sp³-hybridized carbons (Fsp3) is 1.00. The third-order valence-corrected chi connectivity index (χ3v) is 3.15. The Morgan fingerprint density at radius 2 is 1.20 bits per heavy atom. The Labute approximate surface area is 101 Å². The standard InChI is InChI=1S/C7H16O4S4/c1-14(8,12)10-6-4-3-5-7-11-15(2,9)13/h3-7H2,1-2H3. The number of hydrogen-bond acceptors (Lipinski definition) is 6. The van der Waals surface area contributed by atoms with E-state index >= 15 is 0 Å². The van der Waals surface area contributed by atoms with E-state index in [1.807, 2.05) is 0 Å². The zero-order chi connectivity index (χ0) is 11.9. The second-order valence-electron chi connectivity index (χ2n) is 3.11. The molecule has 0 aromatic rings. The van der Waals surface area contributed by atoms with Crippen LogP contribution in [0.25, 0.3) is 0 Å². The number of hydrogen-bond donors (Lipinski definition) is 0. The van der Waals surface area contributed by atoms with E-state index in [1.165, 1.54) is 12.5 Å². The van der Waals surface area contributed by atoms with Gasteiger partial charge in [0.1, 0.15) is 17.5 Å². The Morgan fingerprint density at radius 1 is 0.867 bits per heavy atom. The first kappa shape index (κ1) is 15.7. The molecule has 0 aliphatic heterocycles. The fourth-order valence-corrected chi connectivity index (χ4v) is 2.05. The van der Waals surface area contributed by atoms with Crippen molar-refractivity contribution >= 4 is 39.9 Å². The van der Waals surface area contributed by atoms with Crippen LogP contribution in [0.5, 0.6) is 0 Å². The first-order valence-electron chi connectivity index (χ1n) is 4.39. The molecule has 2 unspecified atom stereocenters. The van der Waals surface area contributed by atoms with Gasteiger partial charge in [-0.25, -0.2) is 8.42 Å².